The minimum absolute atomic E-state index is 0.00144. The highest BCUT2D eigenvalue weighted by Crippen LogP contribution is 2.39. The van der Waals surface area contributed by atoms with E-state index in [9.17, 15) is 4.79 Å². The molecule has 2 aliphatic carbocycles. The number of hydrogen-bond donors (Lipinski definition) is 2. The first-order valence-electron chi connectivity index (χ1n) is 6.01. The van der Waals surface area contributed by atoms with E-state index in [1.807, 2.05) is 24.3 Å². The summed E-state index contributed by atoms with van der Waals surface area (Å²) in [5.74, 6) is 1.22. The highest BCUT2D eigenvalue weighted by atomic mass is 32.1. The number of hydrogen-bond acceptors (Lipinski definition) is 2. The maximum Gasteiger partial charge on any atom is 0.252 e. The van der Waals surface area contributed by atoms with Crippen molar-refractivity contribution in [1.82, 2.24) is 5.32 Å². The maximum absolute atomic E-state index is 12.1. The van der Waals surface area contributed by atoms with Crippen LogP contribution in [0.1, 0.15) is 23.2 Å². The number of thiol groups is 1. The molecular formula is C14H15NOS. The van der Waals surface area contributed by atoms with Gasteiger partial charge in [-0.25, -0.2) is 0 Å². The first kappa shape index (κ1) is 10.9. The lowest BCUT2D eigenvalue weighted by Crippen LogP contribution is -2.37. The fraction of sp³-hybridized carbons (Fsp3) is 0.357. The third-order valence-electron chi connectivity index (χ3n) is 3.74. The van der Waals surface area contributed by atoms with E-state index in [0.29, 0.717) is 23.4 Å². The molecule has 1 aromatic carbocycles. The first-order valence-corrected chi connectivity index (χ1v) is 6.46. The summed E-state index contributed by atoms with van der Waals surface area (Å²) in [5.41, 5.74) is 0.669. The number of nitrogens with one attached hydrogen (secondary N) is 1. The summed E-state index contributed by atoms with van der Waals surface area (Å²) in [6.07, 6.45) is 6.81. The molecule has 0 aliphatic heterocycles. The molecule has 2 aliphatic rings. The van der Waals surface area contributed by atoms with Crippen LogP contribution in [0.15, 0.2) is 41.3 Å². The van der Waals surface area contributed by atoms with Crippen molar-refractivity contribution in [2.24, 2.45) is 11.8 Å². The number of carbonyl (C=O) groups is 1. The van der Waals surface area contributed by atoms with Crippen molar-refractivity contribution in [2.75, 3.05) is 0 Å². The van der Waals surface area contributed by atoms with Crippen LogP contribution in [0.5, 0.6) is 0 Å². The Hall–Kier alpha value is -1.22. The second kappa shape index (κ2) is 4.22. The van der Waals surface area contributed by atoms with Gasteiger partial charge < -0.3 is 5.32 Å². The van der Waals surface area contributed by atoms with Crippen LogP contribution in [-0.4, -0.2) is 11.9 Å². The Morgan fingerprint density at radius 3 is 2.71 bits per heavy atom. The number of amides is 1. The quantitative estimate of drug-likeness (QED) is 0.609. The smallest absolute Gasteiger partial charge is 0.252 e. The Bertz CT molecular complexity index is 483. The van der Waals surface area contributed by atoms with Crippen molar-refractivity contribution >= 4 is 18.5 Å². The van der Waals surface area contributed by atoms with E-state index in [4.69, 9.17) is 0 Å². The Morgan fingerprint density at radius 1 is 1.24 bits per heavy atom. The van der Waals surface area contributed by atoms with Gasteiger partial charge in [0, 0.05) is 10.9 Å². The molecule has 2 bridgehead atoms. The number of benzene rings is 1. The minimum atomic E-state index is 0.00144. The van der Waals surface area contributed by atoms with Crippen LogP contribution in [0, 0.1) is 11.8 Å². The lowest BCUT2D eigenvalue weighted by molar-refractivity contribution is 0.0928. The van der Waals surface area contributed by atoms with E-state index in [2.05, 4.69) is 30.1 Å². The molecule has 0 saturated heterocycles. The third-order valence-corrected chi connectivity index (χ3v) is 4.13. The van der Waals surface area contributed by atoms with Crippen molar-refractivity contribution in [1.29, 1.82) is 0 Å². The van der Waals surface area contributed by atoms with Crippen molar-refractivity contribution in [3.63, 3.8) is 0 Å². The molecule has 3 unspecified atom stereocenters. The van der Waals surface area contributed by atoms with Crippen LogP contribution in [-0.2, 0) is 0 Å². The Kier molecular flexibility index (Phi) is 2.71. The second-order valence-corrected chi connectivity index (χ2v) is 5.36. The predicted octanol–water partition coefficient (Wildman–Crippen LogP) is 2.67. The molecule has 1 aromatic rings. The standard InChI is InChI=1S/C14H15NOS/c16-14(11-3-1-2-4-13(11)17)15-12-8-9-5-6-10(12)7-9/h1-6,9-10,12,17H,7-8H2,(H,15,16). The van der Waals surface area contributed by atoms with Gasteiger partial charge in [-0.15, -0.1) is 12.6 Å². The first-order chi connectivity index (χ1) is 8.24. The van der Waals surface area contributed by atoms with Crippen molar-refractivity contribution in [3.8, 4) is 0 Å². The van der Waals surface area contributed by atoms with Gasteiger partial charge in [0.1, 0.15) is 0 Å². The highest BCUT2D eigenvalue weighted by Gasteiger charge is 2.36. The molecule has 3 heteroatoms. The van der Waals surface area contributed by atoms with Crippen LogP contribution >= 0.6 is 12.6 Å². The van der Waals surface area contributed by atoms with Gasteiger partial charge in [0.2, 0.25) is 0 Å². The molecule has 0 aromatic heterocycles. The predicted molar refractivity (Wildman–Crippen MR) is 70.3 cm³/mol. The molecule has 0 radical (unpaired) electrons. The molecule has 0 heterocycles. The summed E-state index contributed by atoms with van der Waals surface area (Å²) in [7, 11) is 0. The Labute approximate surface area is 107 Å². The largest absolute Gasteiger partial charge is 0.349 e. The molecule has 2 nitrogen and oxygen atoms in total. The van der Waals surface area contributed by atoms with Gasteiger partial charge in [-0.3, -0.25) is 4.79 Å². The average Bonchev–Trinajstić information content (AvgIpc) is 2.91. The maximum atomic E-state index is 12.1. The molecule has 1 saturated carbocycles. The van der Waals surface area contributed by atoms with Gasteiger partial charge in [0.15, 0.2) is 0 Å². The molecule has 1 fully saturated rings. The van der Waals surface area contributed by atoms with E-state index in [1.165, 1.54) is 6.42 Å². The van der Waals surface area contributed by atoms with E-state index >= 15 is 0 Å². The van der Waals surface area contributed by atoms with Gasteiger partial charge >= 0.3 is 0 Å². The normalized spacial score (nSPS) is 29.6. The monoisotopic (exact) mass is 245 g/mol. The lowest BCUT2D eigenvalue weighted by Gasteiger charge is -2.20. The number of fused-ring (bicyclic) bond motifs is 2. The van der Waals surface area contributed by atoms with E-state index in [1.54, 1.807) is 0 Å². The van der Waals surface area contributed by atoms with E-state index < -0.39 is 0 Å². The summed E-state index contributed by atoms with van der Waals surface area (Å²) >= 11 is 4.31. The Morgan fingerprint density at radius 2 is 2.06 bits per heavy atom. The average molecular weight is 245 g/mol. The molecule has 3 rings (SSSR count). The van der Waals surface area contributed by atoms with Crippen molar-refractivity contribution in [3.05, 3.63) is 42.0 Å². The van der Waals surface area contributed by atoms with Crippen LogP contribution in [0.2, 0.25) is 0 Å². The third kappa shape index (κ3) is 2.00. The fourth-order valence-corrected chi connectivity index (χ4v) is 3.12. The van der Waals surface area contributed by atoms with Crippen LogP contribution in [0.4, 0.5) is 0 Å². The summed E-state index contributed by atoms with van der Waals surface area (Å²) in [5, 5.41) is 3.13. The molecule has 1 N–H and O–H groups in total. The molecule has 17 heavy (non-hydrogen) atoms. The second-order valence-electron chi connectivity index (χ2n) is 4.88. The van der Waals surface area contributed by atoms with Crippen LogP contribution < -0.4 is 5.32 Å². The lowest BCUT2D eigenvalue weighted by atomic mass is 10.0. The van der Waals surface area contributed by atoms with Crippen molar-refractivity contribution in [2.45, 2.75) is 23.8 Å². The van der Waals surface area contributed by atoms with Gasteiger partial charge in [0.05, 0.1) is 5.56 Å². The number of allylic oxidation sites excluding steroid dienone is 1. The van der Waals surface area contributed by atoms with Gasteiger partial charge in [-0.05, 0) is 36.8 Å². The molecule has 1 amide bonds. The van der Waals surface area contributed by atoms with E-state index in [-0.39, 0.29) is 5.91 Å². The molecule has 0 spiro atoms. The highest BCUT2D eigenvalue weighted by molar-refractivity contribution is 7.80. The zero-order valence-electron chi connectivity index (χ0n) is 9.47. The van der Waals surface area contributed by atoms with Crippen molar-refractivity contribution < 1.29 is 4.79 Å². The zero-order valence-corrected chi connectivity index (χ0v) is 10.4. The summed E-state index contributed by atoms with van der Waals surface area (Å²) in [6.45, 7) is 0. The zero-order chi connectivity index (χ0) is 11.8. The molecular weight excluding hydrogens is 230 g/mol. The van der Waals surface area contributed by atoms with Gasteiger partial charge in [-0.2, -0.15) is 0 Å². The number of carbonyl (C=O) groups excluding carboxylic acids is 1. The summed E-state index contributed by atoms with van der Waals surface area (Å²) < 4.78 is 0. The minimum Gasteiger partial charge on any atom is -0.349 e. The topological polar surface area (TPSA) is 29.1 Å². The van der Waals surface area contributed by atoms with Gasteiger partial charge in [0.25, 0.3) is 5.91 Å². The molecule has 88 valence electrons. The Balaban J connectivity index is 1.72. The van der Waals surface area contributed by atoms with Crippen LogP contribution in [0.25, 0.3) is 0 Å². The van der Waals surface area contributed by atoms with Crippen LogP contribution in [0.3, 0.4) is 0 Å². The summed E-state index contributed by atoms with van der Waals surface area (Å²) in [4.78, 5) is 12.9. The van der Waals surface area contributed by atoms with E-state index in [0.717, 1.165) is 11.3 Å². The molecule has 3 atom stereocenters. The number of rotatable bonds is 2. The SMILES string of the molecule is O=C(NC1CC2C=CC1C2)c1ccccc1S. The van der Waals surface area contributed by atoms with Gasteiger partial charge in [-0.1, -0.05) is 24.3 Å². The summed E-state index contributed by atoms with van der Waals surface area (Å²) in [6, 6.07) is 7.74. The fourth-order valence-electron chi connectivity index (χ4n) is 2.86.